The van der Waals surface area contributed by atoms with Gasteiger partial charge in [0.1, 0.15) is 17.3 Å². The third-order valence-corrected chi connectivity index (χ3v) is 10.6. The Labute approximate surface area is 289 Å². The van der Waals surface area contributed by atoms with Crippen LogP contribution in [0.4, 0.5) is 0 Å². The predicted molar refractivity (Wildman–Crippen MR) is 190 cm³/mol. The van der Waals surface area contributed by atoms with Gasteiger partial charge < -0.3 is 31.3 Å². The van der Waals surface area contributed by atoms with Crippen molar-refractivity contribution in [3.05, 3.63) is 86.9 Å². The molecule has 0 bridgehead atoms. The first-order valence-electron chi connectivity index (χ1n) is 17.2. The van der Waals surface area contributed by atoms with Crippen molar-refractivity contribution in [2.75, 3.05) is 41.3 Å². The molecule has 4 unspecified atom stereocenters. The topological polar surface area (TPSA) is 154 Å². The van der Waals surface area contributed by atoms with Gasteiger partial charge in [-0.2, -0.15) is 0 Å². The molecule has 0 heterocycles. The van der Waals surface area contributed by atoms with E-state index >= 15 is 0 Å². The van der Waals surface area contributed by atoms with E-state index in [1.807, 2.05) is 52.3 Å². The number of ether oxygens (including phenoxy) is 1. The second kappa shape index (κ2) is 15.4. The number of methoxy groups -OCH3 is 1. The second-order valence-electron chi connectivity index (χ2n) is 13.6. The van der Waals surface area contributed by atoms with E-state index in [1.54, 1.807) is 19.2 Å². The first kappa shape index (κ1) is 35.9. The first-order chi connectivity index (χ1) is 23.6. The van der Waals surface area contributed by atoms with E-state index in [2.05, 4.69) is 21.3 Å². The number of unbranched alkanes of at least 4 members (excludes halogenated alkanes) is 1. The maximum atomic E-state index is 14.5. The Kier molecular flexibility index (Phi) is 11.3. The summed E-state index contributed by atoms with van der Waals surface area (Å²) < 4.78 is 6.20. The van der Waals surface area contributed by atoms with Crippen molar-refractivity contribution in [2.45, 2.75) is 57.9 Å². The predicted octanol–water partition coefficient (Wildman–Crippen LogP) is 5.04. The monoisotopic (exact) mass is 670 g/mol. The second-order valence-corrected chi connectivity index (χ2v) is 13.6. The molecule has 49 heavy (non-hydrogen) atoms. The number of primary amides is 1. The van der Waals surface area contributed by atoms with E-state index in [-0.39, 0.29) is 47.6 Å². The zero-order chi connectivity index (χ0) is 35.4. The number of allylic oxidation sites excluding steroid dienone is 4. The number of aliphatic hydroxyl groups excluding tert-OH is 1. The number of likely N-dealkylation sites (N-methyl/N-ethyl adjacent to an activating group) is 1. The van der Waals surface area contributed by atoms with Gasteiger partial charge in [0, 0.05) is 23.6 Å². The van der Waals surface area contributed by atoms with Crippen LogP contribution in [0.25, 0.3) is 11.1 Å². The van der Waals surface area contributed by atoms with Gasteiger partial charge in [-0.1, -0.05) is 23.8 Å². The maximum absolute atomic E-state index is 14.5. The van der Waals surface area contributed by atoms with Crippen molar-refractivity contribution >= 4 is 18.1 Å². The Hall–Kier alpha value is -4.41. The number of phenols is 1. The lowest BCUT2D eigenvalue weighted by molar-refractivity contribution is -0.106. The van der Waals surface area contributed by atoms with Gasteiger partial charge in [0.2, 0.25) is 6.41 Å². The smallest absolute Gasteiger partial charge is 0.251 e. The highest BCUT2D eigenvalue weighted by atomic mass is 16.5. The molecule has 1 saturated carbocycles. The van der Waals surface area contributed by atoms with Gasteiger partial charge in [0.15, 0.2) is 5.78 Å². The lowest BCUT2D eigenvalue weighted by Crippen LogP contribution is -2.50. The number of nitrogens with one attached hydrogen (secondary N) is 2. The number of benzene rings is 2. The number of ketones is 1. The van der Waals surface area contributed by atoms with Crippen LogP contribution in [0, 0.1) is 17.8 Å². The van der Waals surface area contributed by atoms with Crippen molar-refractivity contribution in [1.29, 1.82) is 0 Å². The van der Waals surface area contributed by atoms with E-state index in [1.165, 1.54) is 5.57 Å². The molecule has 2 amide bonds. The first-order valence-corrected chi connectivity index (χ1v) is 17.2. The number of aromatic hydroxyl groups is 1. The molecule has 262 valence electrons. The molecule has 0 spiro atoms. The number of nitrogens with zero attached hydrogens (tertiary/aromatic N) is 1. The summed E-state index contributed by atoms with van der Waals surface area (Å²) in [5, 5.41) is 28.8. The molecule has 1 fully saturated rings. The van der Waals surface area contributed by atoms with Gasteiger partial charge in [0.25, 0.3) is 5.91 Å². The van der Waals surface area contributed by atoms with Crippen LogP contribution in [-0.2, 0) is 16.0 Å². The van der Waals surface area contributed by atoms with E-state index in [9.17, 15) is 19.8 Å². The molecular weight excluding hydrogens is 620 g/mol. The molecule has 6 rings (SSSR count). The molecule has 0 aromatic heterocycles. The molecule has 0 saturated heterocycles. The van der Waals surface area contributed by atoms with E-state index in [4.69, 9.17) is 9.53 Å². The largest absolute Gasteiger partial charge is 0.510 e. The number of nitrogens with two attached hydrogens (primary N) is 1. The number of amides is 2. The lowest BCUT2D eigenvalue weighted by Gasteiger charge is -2.50. The Morgan fingerprint density at radius 1 is 1.10 bits per heavy atom. The molecule has 2 aromatic carbocycles. The van der Waals surface area contributed by atoms with Gasteiger partial charge in [-0.25, -0.2) is 0 Å². The molecule has 4 aliphatic carbocycles. The summed E-state index contributed by atoms with van der Waals surface area (Å²) in [4.78, 5) is 38.2. The normalized spacial score (nSPS) is 22.8. The Morgan fingerprint density at radius 3 is 2.45 bits per heavy atom. The Bertz CT molecular complexity index is 1700. The minimum absolute atomic E-state index is 0.0285. The molecule has 2 aromatic rings. The van der Waals surface area contributed by atoms with Crippen LogP contribution < -0.4 is 16.4 Å². The third-order valence-electron chi connectivity index (χ3n) is 10.6. The summed E-state index contributed by atoms with van der Waals surface area (Å²) in [6.07, 6.45) is 6.51. The van der Waals surface area contributed by atoms with Gasteiger partial charge in [-0.05, 0) is 137 Å². The summed E-state index contributed by atoms with van der Waals surface area (Å²) in [6, 6.07) is 10.7. The fourth-order valence-electron chi connectivity index (χ4n) is 8.36. The van der Waals surface area contributed by atoms with Crippen LogP contribution in [-0.4, -0.2) is 80.6 Å². The molecule has 4 atom stereocenters. The molecule has 10 nitrogen and oxygen atoms in total. The van der Waals surface area contributed by atoms with Crippen LogP contribution in [0.1, 0.15) is 71.7 Å². The number of hydrogen-bond donors (Lipinski definition) is 5. The SMILES string of the molecule is CNCCCCNC(=O)c1cccc(-c2ccc(O)c3c2CC2CC4C(C(OC)=C2C3=O)C(=C2CCC2)C(C)=C(O)C4N(C)C)c1.NC=O. The number of hydrogen-bond acceptors (Lipinski definition) is 8. The minimum Gasteiger partial charge on any atom is -0.510 e. The standard InChI is InChI=1S/C38H47N3O5.CH3NO/c1-21-30(22-10-8-11-22)33-28(34(35(21)43)41(3)4)20-25-19-27-26(14-15-29(42)32(27)36(44)31(25)37(33)46-5)23-12-9-13-24(18-23)38(45)40-17-7-6-16-39-2;2-1-3/h9,12-15,18,25,28,33-34,39,42-43H,6-8,10-11,16-17,19-20H2,1-5H3,(H,40,45);1H,(H2,2,3). The number of Topliss-reactive ketones (excluding diaryl/α,β-unsaturated/α-hetero) is 1. The average molecular weight is 671 g/mol. The quantitative estimate of drug-likeness (QED) is 0.184. The van der Waals surface area contributed by atoms with Crippen LogP contribution in [0.15, 0.2) is 70.2 Å². The molecular formula is C39H50N4O6. The highest BCUT2D eigenvalue weighted by molar-refractivity contribution is 6.14. The van der Waals surface area contributed by atoms with Crippen LogP contribution >= 0.6 is 0 Å². The number of carbonyl (C=O) groups is 3. The Balaban J connectivity index is 0.00000151. The van der Waals surface area contributed by atoms with Crippen LogP contribution in [0.2, 0.25) is 0 Å². The zero-order valence-electron chi connectivity index (χ0n) is 29.3. The van der Waals surface area contributed by atoms with E-state index in [0.717, 1.165) is 66.5 Å². The summed E-state index contributed by atoms with van der Waals surface area (Å²) in [5.74, 6) is 0.508. The number of carbonyl (C=O) groups excluding carboxylic acids is 3. The molecule has 0 radical (unpaired) electrons. The van der Waals surface area contributed by atoms with Crippen molar-refractivity contribution in [1.82, 2.24) is 15.5 Å². The molecule has 0 aliphatic heterocycles. The minimum atomic E-state index is -0.199. The molecule has 10 heteroatoms. The number of aliphatic hydroxyl groups is 1. The number of phenolic OH excluding ortho intramolecular Hbond substituents is 1. The fraction of sp³-hybridized carbons (Fsp3) is 0.462. The van der Waals surface area contributed by atoms with Crippen LogP contribution in [0.5, 0.6) is 5.75 Å². The highest BCUT2D eigenvalue weighted by Gasteiger charge is 2.52. The Morgan fingerprint density at radius 2 is 1.82 bits per heavy atom. The average Bonchev–Trinajstić information content (AvgIpc) is 3.05. The highest BCUT2D eigenvalue weighted by Crippen LogP contribution is 2.56. The molecule has 6 N–H and O–H groups in total. The van der Waals surface area contributed by atoms with E-state index in [0.29, 0.717) is 47.6 Å². The summed E-state index contributed by atoms with van der Waals surface area (Å²) in [5.41, 5.74) is 11.6. The van der Waals surface area contributed by atoms with Crippen LogP contribution in [0.3, 0.4) is 0 Å². The van der Waals surface area contributed by atoms with Gasteiger partial charge in [0.05, 0.1) is 18.7 Å². The van der Waals surface area contributed by atoms with Crippen molar-refractivity contribution in [3.8, 4) is 16.9 Å². The lowest BCUT2D eigenvalue weighted by atomic mass is 9.58. The maximum Gasteiger partial charge on any atom is 0.251 e. The summed E-state index contributed by atoms with van der Waals surface area (Å²) in [6.45, 7) is 3.51. The van der Waals surface area contributed by atoms with Crippen molar-refractivity contribution in [3.63, 3.8) is 0 Å². The number of fused-ring (bicyclic) bond motifs is 3. The third kappa shape index (κ3) is 6.76. The number of rotatable bonds is 9. The van der Waals surface area contributed by atoms with Crippen molar-refractivity contribution < 1.29 is 29.3 Å². The van der Waals surface area contributed by atoms with E-state index < -0.39 is 0 Å². The van der Waals surface area contributed by atoms with Gasteiger partial charge in [-0.3, -0.25) is 19.3 Å². The molecule has 4 aliphatic rings. The van der Waals surface area contributed by atoms with Crippen molar-refractivity contribution in [2.24, 2.45) is 23.5 Å². The summed E-state index contributed by atoms with van der Waals surface area (Å²) in [7, 11) is 7.57. The van der Waals surface area contributed by atoms with Gasteiger partial charge >= 0.3 is 0 Å². The fourth-order valence-corrected chi connectivity index (χ4v) is 8.36. The zero-order valence-corrected chi connectivity index (χ0v) is 29.3. The summed E-state index contributed by atoms with van der Waals surface area (Å²) >= 11 is 0. The van der Waals surface area contributed by atoms with Gasteiger partial charge in [-0.15, -0.1) is 0 Å².